The van der Waals surface area contributed by atoms with Crippen molar-refractivity contribution < 1.29 is 4.39 Å². The molecule has 0 spiro atoms. The van der Waals surface area contributed by atoms with Gasteiger partial charge >= 0.3 is 0 Å². The van der Waals surface area contributed by atoms with Crippen LogP contribution in [0.2, 0.25) is 5.02 Å². The van der Waals surface area contributed by atoms with Crippen LogP contribution in [0.1, 0.15) is 39.3 Å². The molecule has 0 aliphatic rings. The maximum absolute atomic E-state index is 12.9. The Bertz CT molecular complexity index is 344. The van der Waals surface area contributed by atoms with Gasteiger partial charge in [-0.05, 0) is 45.4 Å². The highest BCUT2D eigenvalue weighted by Crippen LogP contribution is 2.22. The molecule has 1 aromatic carbocycles. The summed E-state index contributed by atoms with van der Waals surface area (Å²) in [6.07, 6.45) is 0. The van der Waals surface area contributed by atoms with Crippen LogP contribution < -0.4 is 5.32 Å². The van der Waals surface area contributed by atoms with Crippen LogP contribution in [0.5, 0.6) is 0 Å². The van der Waals surface area contributed by atoms with Gasteiger partial charge < -0.3 is 5.32 Å². The van der Waals surface area contributed by atoms with E-state index in [2.05, 4.69) is 26.1 Å². The van der Waals surface area contributed by atoms with Gasteiger partial charge in [0.25, 0.3) is 0 Å². The van der Waals surface area contributed by atoms with Gasteiger partial charge in [-0.15, -0.1) is 0 Å². The molecule has 0 aliphatic carbocycles. The van der Waals surface area contributed by atoms with E-state index in [-0.39, 0.29) is 22.4 Å². The van der Waals surface area contributed by atoms with Gasteiger partial charge in [-0.3, -0.25) is 0 Å². The van der Waals surface area contributed by atoms with Crippen molar-refractivity contribution in [2.75, 3.05) is 0 Å². The zero-order chi connectivity index (χ0) is 11.6. The smallest absolute Gasteiger partial charge is 0.141 e. The first-order valence-electron chi connectivity index (χ1n) is 5.02. The summed E-state index contributed by atoms with van der Waals surface area (Å²) in [6, 6.07) is 4.98. The Kier molecular flexibility index (Phi) is 3.74. The van der Waals surface area contributed by atoms with Gasteiger partial charge in [0.05, 0.1) is 5.02 Å². The number of hydrogen-bond donors (Lipinski definition) is 1. The van der Waals surface area contributed by atoms with Gasteiger partial charge in [0, 0.05) is 11.6 Å². The van der Waals surface area contributed by atoms with E-state index in [9.17, 15) is 4.39 Å². The fourth-order valence-electron chi connectivity index (χ4n) is 1.51. The Balaban J connectivity index is 2.83. The van der Waals surface area contributed by atoms with Crippen molar-refractivity contribution in [1.82, 2.24) is 5.32 Å². The number of hydrogen-bond acceptors (Lipinski definition) is 1. The van der Waals surface area contributed by atoms with E-state index in [0.29, 0.717) is 0 Å². The lowest BCUT2D eigenvalue weighted by Crippen LogP contribution is -2.37. The molecule has 0 amide bonds. The molecule has 0 saturated carbocycles. The molecule has 0 bridgehead atoms. The summed E-state index contributed by atoms with van der Waals surface area (Å²) in [5, 5.41) is 3.58. The van der Waals surface area contributed by atoms with E-state index in [1.54, 1.807) is 12.1 Å². The molecular weight excluding hydrogens is 213 g/mol. The Morgan fingerprint density at radius 1 is 1.33 bits per heavy atom. The van der Waals surface area contributed by atoms with E-state index >= 15 is 0 Å². The van der Waals surface area contributed by atoms with E-state index in [4.69, 9.17) is 11.6 Å². The molecule has 0 radical (unpaired) electrons. The fourth-order valence-corrected chi connectivity index (χ4v) is 1.70. The molecule has 0 heterocycles. The summed E-state index contributed by atoms with van der Waals surface area (Å²) in [5.41, 5.74) is 1.02. The van der Waals surface area contributed by atoms with Crippen molar-refractivity contribution >= 4 is 11.6 Å². The second kappa shape index (κ2) is 4.50. The van der Waals surface area contributed by atoms with Crippen molar-refractivity contribution in [3.05, 3.63) is 34.6 Å². The molecule has 1 atom stereocenters. The number of rotatable bonds is 2. The van der Waals surface area contributed by atoms with Crippen LogP contribution in [0.3, 0.4) is 0 Å². The van der Waals surface area contributed by atoms with Crippen LogP contribution in [0.4, 0.5) is 4.39 Å². The second-order valence-corrected chi connectivity index (χ2v) is 5.20. The lowest BCUT2D eigenvalue weighted by molar-refractivity contribution is 0.378. The minimum atomic E-state index is -0.372. The van der Waals surface area contributed by atoms with Crippen LogP contribution in [0.15, 0.2) is 18.2 Å². The van der Waals surface area contributed by atoms with E-state index < -0.39 is 0 Å². The van der Waals surface area contributed by atoms with Crippen LogP contribution in [0.25, 0.3) is 0 Å². The van der Waals surface area contributed by atoms with Gasteiger partial charge in [-0.1, -0.05) is 17.7 Å². The predicted octanol–water partition coefficient (Wildman–Crippen LogP) is 3.93. The first-order chi connectivity index (χ1) is 6.79. The lowest BCUT2D eigenvalue weighted by Gasteiger charge is -2.26. The largest absolute Gasteiger partial charge is 0.306 e. The Morgan fingerprint density at radius 2 is 1.93 bits per heavy atom. The quantitative estimate of drug-likeness (QED) is 0.811. The summed E-state index contributed by atoms with van der Waals surface area (Å²) in [7, 11) is 0. The van der Waals surface area contributed by atoms with Gasteiger partial charge in [-0.2, -0.15) is 0 Å². The molecule has 1 nitrogen and oxygen atoms in total. The van der Waals surface area contributed by atoms with Crippen LogP contribution in [-0.2, 0) is 0 Å². The fraction of sp³-hybridized carbons (Fsp3) is 0.500. The molecule has 0 unspecified atom stereocenters. The molecule has 84 valence electrons. The number of nitrogens with one attached hydrogen (secondary N) is 1. The lowest BCUT2D eigenvalue weighted by atomic mass is 10.0. The van der Waals surface area contributed by atoms with E-state index in [1.165, 1.54) is 6.07 Å². The zero-order valence-corrected chi connectivity index (χ0v) is 10.3. The Labute approximate surface area is 95.6 Å². The topological polar surface area (TPSA) is 12.0 Å². The van der Waals surface area contributed by atoms with Crippen LogP contribution in [-0.4, -0.2) is 5.54 Å². The average Bonchev–Trinajstić information content (AvgIpc) is 2.06. The molecule has 0 saturated heterocycles. The normalized spacial score (nSPS) is 14.0. The van der Waals surface area contributed by atoms with Crippen molar-refractivity contribution in [2.45, 2.75) is 39.3 Å². The molecule has 3 heteroatoms. The highest BCUT2D eigenvalue weighted by Gasteiger charge is 2.15. The summed E-state index contributed by atoms with van der Waals surface area (Å²) < 4.78 is 12.9. The maximum atomic E-state index is 12.9. The van der Waals surface area contributed by atoms with Gasteiger partial charge in [-0.25, -0.2) is 4.39 Å². The average molecular weight is 230 g/mol. The summed E-state index contributed by atoms with van der Waals surface area (Å²) in [4.78, 5) is 0. The molecular formula is C12H17ClFN. The van der Waals surface area contributed by atoms with Crippen molar-refractivity contribution in [2.24, 2.45) is 0 Å². The van der Waals surface area contributed by atoms with Gasteiger partial charge in [0.15, 0.2) is 0 Å². The molecule has 15 heavy (non-hydrogen) atoms. The van der Waals surface area contributed by atoms with Crippen LogP contribution >= 0.6 is 11.6 Å². The third kappa shape index (κ3) is 3.80. The predicted molar refractivity (Wildman–Crippen MR) is 62.7 cm³/mol. The van der Waals surface area contributed by atoms with Gasteiger partial charge in [0.2, 0.25) is 0 Å². The first kappa shape index (κ1) is 12.5. The standard InChI is InChI=1S/C12H17ClFN/c1-8(15-12(2,3)4)9-5-6-11(14)10(13)7-9/h5-8,15H,1-4H3/t8-/m1/s1. The SMILES string of the molecule is C[C@@H](NC(C)(C)C)c1ccc(F)c(Cl)c1. The molecule has 1 N–H and O–H groups in total. The van der Waals surface area contributed by atoms with Crippen LogP contribution in [0, 0.1) is 5.82 Å². The number of halogens is 2. The third-order valence-corrected chi connectivity index (χ3v) is 2.38. The third-order valence-electron chi connectivity index (χ3n) is 2.09. The first-order valence-corrected chi connectivity index (χ1v) is 5.40. The molecule has 0 aliphatic heterocycles. The number of benzene rings is 1. The molecule has 0 fully saturated rings. The minimum Gasteiger partial charge on any atom is -0.306 e. The molecule has 1 rings (SSSR count). The maximum Gasteiger partial charge on any atom is 0.141 e. The second-order valence-electron chi connectivity index (χ2n) is 4.79. The highest BCUT2D eigenvalue weighted by molar-refractivity contribution is 6.30. The molecule has 1 aromatic rings. The Morgan fingerprint density at radius 3 is 2.40 bits per heavy atom. The summed E-state index contributed by atoms with van der Waals surface area (Å²) >= 11 is 5.73. The zero-order valence-electron chi connectivity index (χ0n) is 9.57. The van der Waals surface area contributed by atoms with Crippen molar-refractivity contribution in [1.29, 1.82) is 0 Å². The highest BCUT2D eigenvalue weighted by atomic mass is 35.5. The minimum absolute atomic E-state index is 0.0281. The van der Waals surface area contributed by atoms with Crippen molar-refractivity contribution in [3.8, 4) is 0 Å². The van der Waals surface area contributed by atoms with E-state index in [0.717, 1.165) is 5.56 Å². The van der Waals surface area contributed by atoms with Crippen molar-refractivity contribution in [3.63, 3.8) is 0 Å². The summed E-state index contributed by atoms with van der Waals surface area (Å²) in [6.45, 7) is 8.31. The Hall–Kier alpha value is -0.600. The molecule has 0 aromatic heterocycles. The summed E-state index contributed by atoms with van der Waals surface area (Å²) in [5.74, 6) is -0.372. The monoisotopic (exact) mass is 229 g/mol. The van der Waals surface area contributed by atoms with Gasteiger partial charge in [0.1, 0.15) is 5.82 Å². The van der Waals surface area contributed by atoms with E-state index in [1.807, 2.05) is 6.92 Å².